The zero-order valence-electron chi connectivity index (χ0n) is 8.12. The Morgan fingerprint density at radius 2 is 2.07 bits per heavy atom. The molecule has 0 aliphatic rings. The van der Waals surface area contributed by atoms with Crippen molar-refractivity contribution < 1.29 is 5.11 Å². The first-order valence-corrected chi connectivity index (χ1v) is 5.62. The van der Waals surface area contributed by atoms with Crippen LogP contribution in [-0.2, 0) is 6.54 Å². The second kappa shape index (κ2) is 6.03. The van der Waals surface area contributed by atoms with Gasteiger partial charge >= 0.3 is 0 Å². The van der Waals surface area contributed by atoms with Crippen molar-refractivity contribution in [2.75, 3.05) is 12.3 Å². The van der Waals surface area contributed by atoms with Gasteiger partial charge in [-0.2, -0.15) is 5.10 Å². The number of rotatable bonds is 6. The number of halogens is 1. The number of unbranched alkanes of at least 4 members (excludes halogenated alkanes) is 3. The van der Waals surface area contributed by atoms with Crippen LogP contribution in [0.5, 0.6) is 0 Å². The molecule has 0 saturated carbocycles. The largest absolute Gasteiger partial charge is 0.396 e. The summed E-state index contributed by atoms with van der Waals surface area (Å²) in [6.45, 7) is 1.18. The van der Waals surface area contributed by atoms with Crippen LogP contribution in [0, 0.1) is 0 Å². The van der Waals surface area contributed by atoms with Crippen LogP contribution in [0.15, 0.2) is 10.7 Å². The maximum Gasteiger partial charge on any atom is 0.159 e. The highest BCUT2D eigenvalue weighted by atomic mass is 79.9. The molecule has 0 aromatic carbocycles. The molecule has 0 fully saturated rings. The van der Waals surface area contributed by atoms with E-state index in [1.165, 1.54) is 0 Å². The summed E-state index contributed by atoms with van der Waals surface area (Å²) < 4.78 is 2.70. The molecule has 1 heterocycles. The summed E-state index contributed by atoms with van der Waals surface area (Å²) >= 11 is 3.31. The van der Waals surface area contributed by atoms with Gasteiger partial charge in [-0.1, -0.05) is 12.8 Å². The summed E-state index contributed by atoms with van der Waals surface area (Å²) in [5, 5.41) is 12.7. The number of aliphatic hydroxyl groups excluding tert-OH is 1. The van der Waals surface area contributed by atoms with E-state index in [2.05, 4.69) is 21.0 Å². The number of aromatic nitrogens is 2. The van der Waals surface area contributed by atoms with E-state index >= 15 is 0 Å². The quantitative estimate of drug-likeness (QED) is 0.768. The Balaban J connectivity index is 2.18. The first kappa shape index (κ1) is 11.5. The van der Waals surface area contributed by atoms with E-state index in [-0.39, 0.29) is 0 Å². The van der Waals surface area contributed by atoms with E-state index in [1.54, 1.807) is 0 Å². The zero-order valence-corrected chi connectivity index (χ0v) is 9.70. The lowest BCUT2D eigenvalue weighted by molar-refractivity contribution is 0.282. The number of nitrogen functional groups attached to an aromatic ring is 1. The van der Waals surface area contributed by atoms with Crippen LogP contribution in [-0.4, -0.2) is 21.5 Å². The summed E-state index contributed by atoms with van der Waals surface area (Å²) in [6, 6.07) is 0. The first-order chi connectivity index (χ1) is 6.74. The van der Waals surface area contributed by atoms with Crippen molar-refractivity contribution in [2.45, 2.75) is 32.2 Å². The minimum Gasteiger partial charge on any atom is -0.396 e. The average Bonchev–Trinajstić information content (AvgIpc) is 2.46. The van der Waals surface area contributed by atoms with Crippen LogP contribution in [0.25, 0.3) is 0 Å². The van der Waals surface area contributed by atoms with Crippen LogP contribution in [0.2, 0.25) is 0 Å². The second-order valence-electron chi connectivity index (χ2n) is 3.26. The summed E-state index contributed by atoms with van der Waals surface area (Å²) in [5.41, 5.74) is 5.58. The molecule has 4 nitrogen and oxygen atoms in total. The molecule has 80 valence electrons. The molecule has 0 atom stereocenters. The van der Waals surface area contributed by atoms with E-state index in [0.29, 0.717) is 12.4 Å². The van der Waals surface area contributed by atoms with Crippen LogP contribution in [0.4, 0.5) is 5.82 Å². The Labute approximate surface area is 92.2 Å². The highest BCUT2D eigenvalue weighted by Gasteiger charge is 2.01. The van der Waals surface area contributed by atoms with Gasteiger partial charge in [0.05, 0.1) is 4.47 Å². The molecule has 0 amide bonds. The Bertz CT molecular complexity index is 256. The molecule has 0 aliphatic carbocycles. The Hall–Kier alpha value is -0.550. The van der Waals surface area contributed by atoms with Gasteiger partial charge in [0.25, 0.3) is 0 Å². The number of hydrogen-bond acceptors (Lipinski definition) is 3. The van der Waals surface area contributed by atoms with Crippen molar-refractivity contribution in [1.29, 1.82) is 0 Å². The van der Waals surface area contributed by atoms with Gasteiger partial charge in [0.15, 0.2) is 5.82 Å². The maximum absolute atomic E-state index is 8.58. The lowest BCUT2D eigenvalue weighted by Gasteiger charge is -2.00. The topological polar surface area (TPSA) is 64.1 Å². The van der Waals surface area contributed by atoms with Crippen molar-refractivity contribution >= 4 is 21.7 Å². The Morgan fingerprint density at radius 1 is 1.36 bits per heavy atom. The molecular formula is C9H16BrN3O. The molecule has 5 heteroatoms. The van der Waals surface area contributed by atoms with Crippen molar-refractivity contribution in [1.82, 2.24) is 9.78 Å². The highest BCUT2D eigenvalue weighted by Crippen LogP contribution is 2.16. The second-order valence-corrected chi connectivity index (χ2v) is 4.12. The van der Waals surface area contributed by atoms with Gasteiger partial charge in [0, 0.05) is 19.3 Å². The number of nitrogens with zero attached hydrogens (tertiary/aromatic N) is 2. The molecule has 0 spiro atoms. The first-order valence-electron chi connectivity index (χ1n) is 4.83. The average molecular weight is 262 g/mol. The molecule has 1 aromatic heterocycles. The van der Waals surface area contributed by atoms with Gasteiger partial charge in [-0.25, -0.2) is 0 Å². The Morgan fingerprint density at radius 3 is 2.64 bits per heavy atom. The van der Waals surface area contributed by atoms with E-state index in [9.17, 15) is 0 Å². The third kappa shape index (κ3) is 3.67. The predicted octanol–water partition coefficient (Wildman–Crippen LogP) is 1.78. The molecule has 1 aromatic rings. The van der Waals surface area contributed by atoms with Crippen LogP contribution in [0.1, 0.15) is 25.7 Å². The lowest BCUT2D eigenvalue weighted by Crippen LogP contribution is -1.99. The number of anilines is 1. The number of aliphatic hydroxyl groups is 1. The zero-order chi connectivity index (χ0) is 10.4. The van der Waals surface area contributed by atoms with E-state index in [4.69, 9.17) is 10.8 Å². The van der Waals surface area contributed by atoms with E-state index < -0.39 is 0 Å². The van der Waals surface area contributed by atoms with E-state index in [0.717, 1.165) is 36.7 Å². The van der Waals surface area contributed by atoms with Gasteiger partial charge in [-0.05, 0) is 28.8 Å². The van der Waals surface area contributed by atoms with Gasteiger partial charge in [-0.3, -0.25) is 4.68 Å². The van der Waals surface area contributed by atoms with E-state index in [1.807, 2.05) is 10.9 Å². The number of aryl methyl sites for hydroxylation is 1. The van der Waals surface area contributed by atoms with Crippen molar-refractivity contribution in [3.63, 3.8) is 0 Å². The minimum atomic E-state index is 0.292. The standard InChI is InChI=1S/C9H16BrN3O/c10-8-7-13(12-9(8)11)5-3-1-2-4-6-14/h7,14H,1-6H2,(H2,11,12). The molecule has 0 unspecified atom stereocenters. The van der Waals surface area contributed by atoms with Gasteiger partial charge < -0.3 is 10.8 Å². The summed E-state index contributed by atoms with van der Waals surface area (Å²) in [7, 11) is 0. The fraction of sp³-hybridized carbons (Fsp3) is 0.667. The van der Waals surface area contributed by atoms with Crippen molar-refractivity contribution in [3.05, 3.63) is 10.7 Å². The molecule has 0 saturated heterocycles. The van der Waals surface area contributed by atoms with Crippen LogP contribution < -0.4 is 5.73 Å². The molecule has 3 N–H and O–H groups in total. The molecule has 0 radical (unpaired) electrons. The molecule has 1 rings (SSSR count). The van der Waals surface area contributed by atoms with Crippen molar-refractivity contribution in [2.24, 2.45) is 0 Å². The highest BCUT2D eigenvalue weighted by molar-refractivity contribution is 9.10. The normalized spacial score (nSPS) is 10.7. The van der Waals surface area contributed by atoms with Gasteiger partial charge in [0.1, 0.15) is 0 Å². The lowest BCUT2D eigenvalue weighted by atomic mass is 10.2. The number of nitrogens with two attached hydrogens (primary N) is 1. The van der Waals surface area contributed by atoms with Crippen LogP contribution in [0.3, 0.4) is 0 Å². The third-order valence-electron chi connectivity index (χ3n) is 2.04. The fourth-order valence-corrected chi connectivity index (χ4v) is 1.58. The molecule has 14 heavy (non-hydrogen) atoms. The summed E-state index contributed by atoms with van der Waals surface area (Å²) in [4.78, 5) is 0. The minimum absolute atomic E-state index is 0.292. The fourth-order valence-electron chi connectivity index (χ4n) is 1.27. The van der Waals surface area contributed by atoms with Gasteiger partial charge in [0.2, 0.25) is 0 Å². The summed E-state index contributed by atoms with van der Waals surface area (Å²) in [5.74, 6) is 0.542. The monoisotopic (exact) mass is 261 g/mol. The smallest absolute Gasteiger partial charge is 0.159 e. The maximum atomic E-state index is 8.58. The SMILES string of the molecule is Nc1nn(CCCCCCO)cc1Br. The molecule has 0 bridgehead atoms. The molecular weight excluding hydrogens is 246 g/mol. The van der Waals surface area contributed by atoms with Gasteiger partial charge in [-0.15, -0.1) is 0 Å². The van der Waals surface area contributed by atoms with Crippen molar-refractivity contribution in [3.8, 4) is 0 Å². The molecule has 0 aliphatic heterocycles. The summed E-state index contributed by atoms with van der Waals surface area (Å²) in [6.07, 6.45) is 6.06. The predicted molar refractivity (Wildman–Crippen MR) is 59.9 cm³/mol. The third-order valence-corrected chi connectivity index (χ3v) is 2.65. The number of hydrogen-bond donors (Lipinski definition) is 2. The Kier molecular flexibility index (Phi) is 4.97. The van der Waals surface area contributed by atoms with Crippen LogP contribution >= 0.6 is 15.9 Å².